The van der Waals surface area contributed by atoms with Crippen molar-refractivity contribution in [3.05, 3.63) is 95.4 Å². The van der Waals surface area contributed by atoms with Crippen molar-refractivity contribution in [2.45, 2.75) is 19.9 Å². The summed E-state index contributed by atoms with van der Waals surface area (Å²) in [5.41, 5.74) is 5.70. The number of benzene rings is 2. The Kier molecular flexibility index (Phi) is 3.83. The van der Waals surface area contributed by atoms with Gasteiger partial charge in [-0.05, 0) is 30.2 Å². The van der Waals surface area contributed by atoms with Crippen LogP contribution in [0.2, 0.25) is 0 Å². The van der Waals surface area contributed by atoms with Crippen molar-refractivity contribution < 1.29 is 0 Å². The molecule has 4 aromatic rings. The van der Waals surface area contributed by atoms with Gasteiger partial charge in [-0.3, -0.25) is 0 Å². The summed E-state index contributed by atoms with van der Waals surface area (Å²) in [5, 5.41) is 0. The SMILES string of the molecule is Cc1ccc(Cc2nc3cccnc3n2Cc2ccccc2)cc1. The highest BCUT2D eigenvalue weighted by Gasteiger charge is 2.12. The van der Waals surface area contributed by atoms with E-state index in [4.69, 9.17) is 4.98 Å². The van der Waals surface area contributed by atoms with Crippen molar-refractivity contribution in [2.24, 2.45) is 0 Å². The summed E-state index contributed by atoms with van der Waals surface area (Å²) in [5.74, 6) is 1.05. The molecule has 2 aromatic carbocycles. The third-order valence-corrected chi connectivity index (χ3v) is 4.25. The molecular formula is C21H19N3. The molecule has 0 bridgehead atoms. The Morgan fingerprint density at radius 1 is 0.833 bits per heavy atom. The molecule has 2 heterocycles. The average Bonchev–Trinajstić information content (AvgIpc) is 2.95. The van der Waals surface area contributed by atoms with Gasteiger partial charge in [0.05, 0.1) is 6.54 Å². The van der Waals surface area contributed by atoms with Crippen LogP contribution in [0.25, 0.3) is 11.2 Å². The number of imidazole rings is 1. The van der Waals surface area contributed by atoms with E-state index >= 15 is 0 Å². The maximum absolute atomic E-state index is 4.83. The van der Waals surface area contributed by atoms with E-state index in [1.807, 2.05) is 24.4 Å². The molecule has 118 valence electrons. The van der Waals surface area contributed by atoms with Gasteiger partial charge in [0.1, 0.15) is 11.3 Å². The van der Waals surface area contributed by atoms with Gasteiger partial charge in [0.2, 0.25) is 0 Å². The first-order valence-electron chi connectivity index (χ1n) is 8.19. The van der Waals surface area contributed by atoms with Crippen LogP contribution in [0.1, 0.15) is 22.5 Å². The Labute approximate surface area is 141 Å². The third-order valence-electron chi connectivity index (χ3n) is 4.25. The van der Waals surface area contributed by atoms with Gasteiger partial charge in [-0.2, -0.15) is 0 Å². The maximum Gasteiger partial charge on any atom is 0.160 e. The normalized spacial score (nSPS) is 11.0. The fourth-order valence-corrected chi connectivity index (χ4v) is 2.96. The highest BCUT2D eigenvalue weighted by Crippen LogP contribution is 2.19. The summed E-state index contributed by atoms with van der Waals surface area (Å²) >= 11 is 0. The molecule has 3 nitrogen and oxygen atoms in total. The second-order valence-corrected chi connectivity index (χ2v) is 6.11. The quantitative estimate of drug-likeness (QED) is 0.560. The lowest BCUT2D eigenvalue weighted by molar-refractivity contribution is 0.755. The number of fused-ring (bicyclic) bond motifs is 1. The topological polar surface area (TPSA) is 30.7 Å². The van der Waals surface area contributed by atoms with Gasteiger partial charge in [0.15, 0.2) is 5.65 Å². The molecule has 0 aliphatic rings. The number of pyridine rings is 1. The molecule has 2 aromatic heterocycles. The van der Waals surface area contributed by atoms with E-state index in [0.29, 0.717) is 0 Å². The van der Waals surface area contributed by atoms with Gasteiger partial charge in [-0.15, -0.1) is 0 Å². The predicted molar refractivity (Wildman–Crippen MR) is 97.1 cm³/mol. The molecule has 3 heteroatoms. The lowest BCUT2D eigenvalue weighted by Gasteiger charge is -2.09. The Morgan fingerprint density at radius 3 is 2.42 bits per heavy atom. The van der Waals surface area contributed by atoms with Crippen LogP contribution >= 0.6 is 0 Å². The standard InChI is InChI=1S/C21H19N3/c1-16-9-11-17(12-10-16)14-20-23-19-8-5-13-22-21(19)24(20)15-18-6-3-2-4-7-18/h2-13H,14-15H2,1H3. The zero-order valence-electron chi connectivity index (χ0n) is 13.7. The number of aryl methyl sites for hydroxylation is 1. The van der Waals surface area contributed by atoms with Crippen molar-refractivity contribution in [1.29, 1.82) is 0 Å². The first-order chi connectivity index (χ1) is 11.8. The summed E-state index contributed by atoms with van der Waals surface area (Å²) in [6.45, 7) is 2.90. The summed E-state index contributed by atoms with van der Waals surface area (Å²) in [4.78, 5) is 9.38. The lowest BCUT2D eigenvalue weighted by atomic mass is 10.1. The third kappa shape index (κ3) is 2.93. The Balaban J connectivity index is 1.76. The smallest absolute Gasteiger partial charge is 0.160 e. The predicted octanol–water partition coefficient (Wildman–Crippen LogP) is 4.38. The Hall–Kier alpha value is -2.94. The molecule has 0 radical (unpaired) electrons. The maximum atomic E-state index is 4.83. The molecule has 4 rings (SSSR count). The fraction of sp³-hybridized carbons (Fsp3) is 0.143. The van der Waals surface area contributed by atoms with Gasteiger partial charge in [-0.1, -0.05) is 60.2 Å². The van der Waals surface area contributed by atoms with Crippen LogP contribution in [0.15, 0.2) is 72.9 Å². The van der Waals surface area contributed by atoms with Crippen LogP contribution in [-0.2, 0) is 13.0 Å². The first kappa shape index (κ1) is 14.6. The monoisotopic (exact) mass is 313 g/mol. The second-order valence-electron chi connectivity index (χ2n) is 6.11. The van der Waals surface area contributed by atoms with Gasteiger partial charge < -0.3 is 4.57 Å². The van der Waals surface area contributed by atoms with Crippen LogP contribution in [0.4, 0.5) is 0 Å². The van der Waals surface area contributed by atoms with Crippen LogP contribution in [-0.4, -0.2) is 14.5 Å². The van der Waals surface area contributed by atoms with Crippen LogP contribution in [0.3, 0.4) is 0 Å². The number of nitrogens with zero attached hydrogens (tertiary/aromatic N) is 3. The molecule has 0 amide bonds. The van der Waals surface area contributed by atoms with E-state index in [1.54, 1.807) is 0 Å². The largest absolute Gasteiger partial charge is 0.308 e. The molecule has 0 N–H and O–H groups in total. The summed E-state index contributed by atoms with van der Waals surface area (Å²) in [7, 11) is 0. The number of hydrogen-bond donors (Lipinski definition) is 0. The van der Waals surface area contributed by atoms with Crippen molar-refractivity contribution in [1.82, 2.24) is 14.5 Å². The Morgan fingerprint density at radius 2 is 1.62 bits per heavy atom. The minimum absolute atomic E-state index is 0.787. The molecule has 0 aliphatic carbocycles. The Bertz CT molecular complexity index is 953. The van der Waals surface area contributed by atoms with Crippen LogP contribution < -0.4 is 0 Å². The van der Waals surface area contributed by atoms with Crippen molar-refractivity contribution in [3.8, 4) is 0 Å². The first-order valence-corrected chi connectivity index (χ1v) is 8.19. The summed E-state index contributed by atoms with van der Waals surface area (Å²) < 4.78 is 2.23. The number of hydrogen-bond acceptors (Lipinski definition) is 2. The van der Waals surface area contributed by atoms with Gasteiger partial charge in [0, 0.05) is 12.6 Å². The molecule has 0 fully saturated rings. The van der Waals surface area contributed by atoms with Crippen LogP contribution in [0, 0.1) is 6.92 Å². The van der Waals surface area contributed by atoms with E-state index in [0.717, 1.165) is 30.0 Å². The molecular weight excluding hydrogens is 294 g/mol. The zero-order valence-corrected chi connectivity index (χ0v) is 13.7. The molecule has 0 saturated heterocycles. The van der Waals surface area contributed by atoms with E-state index < -0.39 is 0 Å². The zero-order chi connectivity index (χ0) is 16.4. The molecule has 24 heavy (non-hydrogen) atoms. The number of aromatic nitrogens is 3. The van der Waals surface area contributed by atoms with Crippen molar-refractivity contribution in [2.75, 3.05) is 0 Å². The summed E-state index contributed by atoms with van der Waals surface area (Å²) in [6, 6.07) is 23.1. The summed E-state index contributed by atoms with van der Waals surface area (Å²) in [6.07, 6.45) is 2.64. The molecule has 0 unspecified atom stereocenters. The highest BCUT2D eigenvalue weighted by molar-refractivity contribution is 5.71. The minimum Gasteiger partial charge on any atom is -0.308 e. The lowest BCUT2D eigenvalue weighted by Crippen LogP contribution is -2.06. The molecule has 0 aliphatic heterocycles. The van der Waals surface area contributed by atoms with Gasteiger partial charge in [0.25, 0.3) is 0 Å². The molecule has 0 spiro atoms. The van der Waals surface area contributed by atoms with Gasteiger partial charge in [-0.25, -0.2) is 9.97 Å². The van der Waals surface area contributed by atoms with E-state index in [2.05, 4.69) is 65.0 Å². The highest BCUT2D eigenvalue weighted by atomic mass is 15.1. The van der Waals surface area contributed by atoms with E-state index in [1.165, 1.54) is 16.7 Å². The fourth-order valence-electron chi connectivity index (χ4n) is 2.96. The van der Waals surface area contributed by atoms with Crippen LogP contribution in [0.5, 0.6) is 0 Å². The van der Waals surface area contributed by atoms with E-state index in [9.17, 15) is 0 Å². The van der Waals surface area contributed by atoms with Gasteiger partial charge >= 0.3 is 0 Å². The minimum atomic E-state index is 0.787. The van der Waals surface area contributed by atoms with Crippen molar-refractivity contribution >= 4 is 11.2 Å². The molecule has 0 saturated carbocycles. The molecule has 0 atom stereocenters. The number of rotatable bonds is 4. The average molecular weight is 313 g/mol. The second kappa shape index (κ2) is 6.28. The van der Waals surface area contributed by atoms with E-state index in [-0.39, 0.29) is 0 Å². The van der Waals surface area contributed by atoms with Crippen molar-refractivity contribution in [3.63, 3.8) is 0 Å².